The SMILES string of the molecule is CCOC(=O)c1cc(=O)c2cc3[nH]c(=O)cc(C(F)(F)F)c3cc2o1. The topological polar surface area (TPSA) is 89.4 Å². The van der Waals surface area contributed by atoms with Gasteiger partial charge in [-0.05, 0) is 19.1 Å². The van der Waals surface area contributed by atoms with Gasteiger partial charge in [0.1, 0.15) is 5.58 Å². The van der Waals surface area contributed by atoms with E-state index in [1.807, 2.05) is 0 Å². The third kappa shape index (κ3) is 3.00. The lowest BCUT2D eigenvalue weighted by Gasteiger charge is -2.10. The van der Waals surface area contributed by atoms with Gasteiger partial charge in [-0.2, -0.15) is 13.2 Å². The molecule has 0 aliphatic heterocycles. The van der Waals surface area contributed by atoms with Crippen molar-refractivity contribution in [1.29, 1.82) is 0 Å². The molecule has 1 N–H and O–H groups in total. The monoisotopic (exact) mass is 353 g/mol. The van der Waals surface area contributed by atoms with E-state index in [0.717, 1.165) is 18.2 Å². The van der Waals surface area contributed by atoms with Crippen LogP contribution < -0.4 is 11.0 Å². The largest absolute Gasteiger partial charge is 0.460 e. The highest BCUT2D eigenvalue weighted by Crippen LogP contribution is 2.34. The Morgan fingerprint density at radius 2 is 1.88 bits per heavy atom. The standard InChI is InChI=1S/C16H10F3NO5/c1-2-24-15(23)13-6-11(21)8-3-10-7(4-12(8)25-13)9(16(17,18)19)5-14(22)20-10/h3-6H,2H2,1H3,(H,20,22). The fourth-order valence-electron chi connectivity index (χ4n) is 2.44. The number of pyridine rings is 1. The average molecular weight is 353 g/mol. The number of halogens is 3. The van der Waals surface area contributed by atoms with Gasteiger partial charge in [0.05, 0.1) is 17.6 Å². The number of benzene rings is 1. The Bertz CT molecular complexity index is 1110. The van der Waals surface area contributed by atoms with Crippen LogP contribution in [0, 0.1) is 0 Å². The van der Waals surface area contributed by atoms with Gasteiger partial charge in [-0.15, -0.1) is 0 Å². The van der Waals surface area contributed by atoms with Crippen LogP contribution in [0.5, 0.6) is 0 Å². The molecule has 0 spiro atoms. The van der Waals surface area contributed by atoms with Gasteiger partial charge in [0.25, 0.3) is 0 Å². The second kappa shape index (κ2) is 5.76. The number of rotatable bonds is 2. The van der Waals surface area contributed by atoms with Gasteiger partial charge in [0.2, 0.25) is 11.3 Å². The molecule has 0 amide bonds. The van der Waals surface area contributed by atoms with Crippen LogP contribution in [-0.2, 0) is 10.9 Å². The van der Waals surface area contributed by atoms with Crippen molar-refractivity contribution in [2.45, 2.75) is 13.1 Å². The van der Waals surface area contributed by atoms with E-state index in [9.17, 15) is 27.6 Å². The van der Waals surface area contributed by atoms with E-state index in [2.05, 4.69) is 4.98 Å². The first-order valence-electron chi connectivity index (χ1n) is 7.10. The molecule has 3 aromatic rings. The molecule has 1 aromatic carbocycles. The number of carbonyl (C=O) groups is 1. The molecule has 0 radical (unpaired) electrons. The van der Waals surface area contributed by atoms with Gasteiger partial charge in [0.15, 0.2) is 5.43 Å². The van der Waals surface area contributed by atoms with Crippen LogP contribution in [0.25, 0.3) is 21.9 Å². The molecule has 130 valence electrons. The highest BCUT2D eigenvalue weighted by Gasteiger charge is 2.33. The summed E-state index contributed by atoms with van der Waals surface area (Å²) in [4.78, 5) is 37.5. The molecule has 2 heterocycles. The van der Waals surface area contributed by atoms with Crippen LogP contribution in [0.3, 0.4) is 0 Å². The normalized spacial score (nSPS) is 11.8. The highest BCUT2D eigenvalue weighted by molar-refractivity contribution is 5.96. The molecule has 0 atom stereocenters. The van der Waals surface area contributed by atoms with Crippen LogP contribution >= 0.6 is 0 Å². The number of esters is 1. The van der Waals surface area contributed by atoms with E-state index >= 15 is 0 Å². The van der Waals surface area contributed by atoms with Crippen LogP contribution in [0.4, 0.5) is 13.2 Å². The van der Waals surface area contributed by atoms with E-state index in [-0.39, 0.29) is 28.5 Å². The van der Waals surface area contributed by atoms with E-state index in [0.29, 0.717) is 6.07 Å². The zero-order valence-electron chi connectivity index (χ0n) is 12.7. The second-order valence-electron chi connectivity index (χ2n) is 5.13. The first-order valence-corrected chi connectivity index (χ1v) is 7.10. The fraction of sp³-hybridized carbons (Fsp3) is 0.188. The van der Waals surface area contributed by atoms with Crippen LogP contribution in [0.1, 0.15) is 23.0 Å². The number of aromatic nitrogens is 1. The van der Waals surface area contributed by atoms with E-state index in [4.69, 9.17) is 9.15 Å². The summed E-state index contributed by atoms with van der Waals surface area (Å²) in [6, 6.07) is 3.36. The number of fused-ring (bicyclic) bond motifs is 2. The molecule has 6 nitrogen and oxygen atoms in total. The van der Waals surface area contributed by atoms with E-state index < -0.39 is 34.5 Å². The summed E-state index contributed by atoms with van der Waals surface area (Å²) in [6.45, 7) is 1.59. The number of hydrogen-bond acceptors (Lipinski definition) is 5. The quantitative estimate of drug-likeness (QED) is 0.565. The maximum absolute atomic E-state index is 13.2. The van der Waals surface area contributed by atoms with Crippen molar-refractivity contribution < 1.29 is 27.1 Å². The van der Waals surface area contributed by atoms with Crippen LogP contribution in [-0.4, -0.2) is 17.6 Å². The maximum Gasteiger partial charge on any atom is 0.417 e. The molecule has 0 aliphatic rings. The van der Waals surface area contributed by atoms with Crippen molar-refractivity contribution in [3.63, 3.8) is 0 Å². The summed E-state index contributed by atoms with van der Waals surface area (Å²) in [5, 5.41) is -0.431. The molecule has 0 saturated heterocycles. The molecular weight excluding hydrogens is 343 g/mol. The van der Waals surface area contributed by atoms with Gasteiger partial charge in [0, 0.05) is 23.0 Å². The highest BCUT2D eigenvalue weighted by atomic mass is 19.4. The molecule has 0 bridgehead atoms. The summed E-state index contributed by atoms with van der Waals surface area (Å²) in [6.07, 6.45) is -4.78. The van der Waals surface area contributed by atoms with Crippen molar-refractivity contribution in [3.8, 4) is 0 Å². The van der Waals surface area contributed by atoms with Crippen molar-refractivity contribution >= 4 is 27.8 Å². The van der Waals surface area contributed by atoms with Gasteiger partial charge in [-0.3, -0.25) is 9.59 Å². The maximum atomic E-state index is 13.2. The zero-order chi connectivity index (χ0) is 18.4. The lowest BCUT2D eigenvalue weighted by Crippen LogP contribution is -2.14. The molecule has 0 fully saturated rings. The first-order chi connectivity index (χ1) is 11.7. The van der Waals surface area contributed by atoms with Gasteiger partial charge in [-0.1, -0.05) is 0 Å². The third-order valence-corrected chi connectivity index (χ3v) is 3.47. The molecule has 0 aliphatic carbocycles. The van der Waals surface area contributed by atoms with Crippen molar-refractivity contribution in [2.24, 2.45) is 0 Å². The summed E-state index contributed by atoms with van der Waals surface area (Å²) in [5.74, 6) is -1.32. The summed E-state index contributed by atoms with van der Waals surface area (Å²) in [5.41, 5.74) is -3.15. The van der Waals surface area contributed by atoms with Crippen LogP contribution in [0.15, 0.2) is 38.3 Å². The van der Waals surface area contributed by atoms with E-state index in [1.165, 1.54) is 0 Å². The summed E-state index contributed by atoms with van der Waals surface area (Å²) >= 11 is 0. The lowest BCUT2D eigenvalue weighted by atomic mass is 10.1. The Kier molecular flexibility index (Phi) is 3.86. The van der Waals surface area contributed by atoms with Crippen molar-refractivity contribution in [1.82, 2.24) is 4.98 Å². The van der Waals surface area contributed by atoms with Gasteiger partial charge >= 0.3 is 12.1 Å². The molecule has 0 unspecified atom stereocenters. The second-order valence-corrected chi connectivity index (χ2v) is 5.13. The number of alkyl halides is 3. The average Bonchev–Trinajstić information content (AvgIpc) is 2.52. The Hall–Kier alpha value is -3.10. The number of ether oxygens (including phenoxy) is 1. The summed E-state index contributed by atoms with van der Waals surface area (Å²) in [7, 11) is 0. The number of aromatic amines is 1. The number of nitrogens with one attached hydrogen (secondary N) is 1. The Morgan fingerprint density at radius 3 is 2.52 bits per heavy atom. The lowest BCUT2D eigenvalue weighted by molar-refractivity contribution is -0.136. The minimum absolute atomic E-state index is 0.0394. The minimum Gasteiger partial charge on any atom is -0.460 e. The predicted octanol–water partition coefficient (Wildman–Crippen LogP) is 2.83. The molecule has 3 rings (SSSR count). The molecule has 9 heteroatoms. The minimum atomic E-state index is -4.78. The van der Waals surface area contributed by atoms with Gasteiger partial charge < -0.3 is 14.1 Å². The van der Waals surface area contributed by atoms with Crippen molar-refractivity contribution in [3.05, 3.63) is 56.2 Å². The number of H-pyrrole nitrogens is 1. The van der Waals surface area contributed by atoms with Crippen LogP contribution in [0.2, 0.25) is 0 Å². The van der Waals surface area contributed by atoms with Crippen molar-refractivity contribution in [2.75, 3.05) is 6.61 Å². The molecule has 0 saturated carbocycles. The summed E-state index contributed by atoms with van der Waals surface area (Å²) < 4.78 is 49.4. The van der Waals surface area contributed by atoms with Gasteiger partial charge in [-0.25, -0.2) is 4.79 Å². The zero-order valence-corrected chi connectivity index (χ0v) is 12.7. The van der Waals surface area contributed by atoms with E-state index in [1.54, 1.807) is 6.92 Å². The first kappa shape index (κ1) is 16.7. The fourth-order valence-corrected chi connectivity index (χ4v) is 2.44. The number of carbonyl (C=O) groups excluding carboxylic acids is 1. The third-order valence-electron chi connectivity index (χ3n) is 3.47. The molecule has 25 heavy (non-hydrogen) atoms. The molecular formula is C16H10F3NO5. The Balaban J connectivity index is 2.38. The molecule has 2 aromatic heterocycles. The predicted molar refractivity (Wildman–Crippen MR) is 81.6 cm³/mol. The smallest absolute Gasteiger partial charge is 0.417 e. The number of hydrogen-bond donors (Lipinski definition) is 1. The Morgan fingerprint density at radius 1 is 1.16 bits per heavy atom. The Labute approximate surface area is 136 Å².